The van der Waals surface area contributed by atoms with Crippen LogP contribution in [0.5, 0.6) is 0 Å². The fourth-order valence-electron chi connectivity index (χ4n) is 4.18. The van der Waals surface area contributed by atoms with Gasteiger partial charge in [0.2, 0.25) is 0 Å². The minimum absolute atomic E-state index is 0.0534. The van der Waals surface area contributed by atoms with Gasteiger partial charge in [-0.3, -0.25) is 9.69 Å². The molecule has 7 heteroatoms. The second-order valence-corrected chi connectivity index (χ2v) is 10.0. The molecule has 4 rings (SSSR count). The highest BCUT2D eigenvalue weighted by Crippen LogP contribution is 2.27. The first-order chi connectivity index (χ1) is 16.9. The van der Waals surface area contributed by atoms with Crippen molar-refractivity contribution in [3.8, 4) is 0 Å². The molecule has 1 fully saturated rings. The summed E-state index contributed by atoms with van der Waals surface area (Å²) in [7, 11) is 1.82. The van der Waals surface area contributed by atoms with Gasteiger partial charge < -0.3 is 9.80 Å². The lowest BCUT2D eigenvalue weighted by molar-refractivity contribution is 0.0802. The van der Waals surface area contributed by atoms with Crippen LogP contribution >= 0.6 is 11.8 Å². The molecule has 0 spiro atoms. The Labute approximate surface area is 213 Å². The zero-order valence-corrected chi connectivity index (χ0v) is 22.0. The Bertz CT molecular complexity index is 1130. The maximum atomic E-state index is 12.3. The molecule has 3 aromatic rings. The van der Waals surface area contributed by atoms with Gasteiger partial charge in [0.05, 0.1) is 0 Å². The summed E-state index contributed by atoms with van der Waals surface area (Å²) in [5, 5.41) is 0.806. The van der Waals surface area contributed by atoms with Crippen molar-refractivity contribution in [2.75, 3.05) is 44.7 Å². The van der Waals surface area contributed by atoms with E-state index in [0.29, 0.717) is 6.54 Å². The lowest BCUT2D eigenvalue weighted by Crippen LogP contribution is -2.46. The van der Waals surface area contributed by atoms with Crippen molar-refractivity contribution in [3.63, 3.8) is 0 Å². The third-order valence-corrected chi connectivity index (χ3v) is 7.57. The monoisotopic (exact) mass is 489 g/mol. The molecular weight excluding hydrogens is 454 g/mol. The Morgan fingerprint density at radius 1 is 0.943 bits per heavy atom. The van der Waals surface area contributed by atoms with Gasteiger partial charge in [0.25, 0.3) is 5.91 Å². The molecule has 2 heterocycles. The minimum Gasteiger partial charge on any atom is -0.354 e. The van der Waals surface area contributed by atoms with E-state index >= 15 is 0 Å². The number of hydrogen-bond acceptors (Lipinski definition) is 6. The van der Waals surface area contributed by atoms with Gasteiger partial charge >= 0.3 is 0 Å². The summed E-state index contributed by atoms with van der Waals surface area (Å²) in [6.45, 7) is 11.9. The van der Waals surface area contributed by atoms with Crippen LogP contribution in [0.2, 0.25) is 0 Å². The standard InChI is InChI=1S/C28H35N5OS/c1-5-31(4)27(34)25-13-11-24(12-14-25)20-35-28-29-22(3)21(2)26(30-28)33-17-15-32(16-18-33)19-23-9-7-6-8-10-23/h6-14H,5,15-20H2,1-4H3. The van der Waals surface area contributed by atoms with Crippen molar-refractivity contribution in [2.24, 2.45) is 0 Å². The number of anilines is 1. The first-order valence-corrected chi connectivity index (χ1v) is 13.3. The normalized spacial score (nSPS) is 14.2. The van der Waals surface area contributed by atoms with E-state index in [4.69, 9.17) is 9.97 Å². The molecule has 0 radical (unpaired) electrons. The Balaban J connectivity index is 1.37. The van der Waals surface area contributed by atoms with Gasteiger partial charge in [-0.1, -0.05) is 54.2 Å². The van der Waals surface area contributed by atoms with Crippen LogP contribution < -0.4 is 4.90 Å². The summed E-state index contributed by atoms with van der Waals surface area (Å²) in [6.07, 6.45) is 0. The van der Waals surface area contributed by atoms with Crippen molar-refractivity contribution >= 4 is 23.5 Å². The third-order valence-electron chi connectivity index (χ3n) is 6.65. The average Bonchev–Trinajstić information content (AvgIpc) is 2.90. The van der Waals surface area contributed by atoms with Crippen molar-refractivity contribution < 1.29 is 4.79 Å². The van der Waals surface area contributed by atoms with E-state index in [1.165, 1.54) is 5.56 Å². The molecule has 2 aromatic carbocycles. The van der Waals surface area contributed by atoms with Crippen LogP contribution in [0, 0.1) is 13.8 Å². The lowest BCUT2D eigenvalue weighted by Gasteiger charge is -2.36. The largest absolute Gasteiger partial charge is 0.354 e. The number of piperazine rings is 1. The molecule has 1 aliphatic heterocycles. The molecular formula is C28H35N5OS. The number of carbonyl (C=O) groups excluding carboxylic acids is 1. The molecule has 184 valence electrons. The quantitative estimate of drug-likeness (QED) is 0.335. The Kier molecular flexibility index (Phi) is 8.42. The minimum atomic E-state index is 0.0534. The number of aryl methyl sites for hydroxylation is 1. The van der Waals surface area contributed by atoms with E-state index < -0.39 is 0 Å². The molecule has 0 unspecified atom stereocenters. The van der Waals surface area contributed by atoms with E-state index in [9.17, 15) is 4.79 Å². The summed E-state index contributed by atoms with van der Waals surface area (Å²) in [5.74, 6) is 1.88. The van der Waals surface area contributed by atoms with Crippen LogP contribution in [0.3, 0.4) is 0 Å². The fraction of sp³-hybridized carbons (Fsp3) is 0.393. The SMILES string of the molecule is CCN(C)C(=O)c1ccc(CSc2nc(C)c(C)c(N3CCN(Cc4ccccc4)CC3)n2)cc1. The number of benzene rings is 2. The molecule has 1 aromatic heterocycles. The van der Waals surface area contributed by atoms with Crippen LogP contribution in [0.25, 0.3) is 0 Å². The molecule has 6 nitrogen and oxygen atoms in total. The van der Waals surface area contributed by atoms with Gasteiger partial charge in [-0.25, -0.2) is 9.97 Å². The second kappa shape index (κ2) is 11.7. The number of hydrogen-bond donors (Lipinski definition) is 0. The van der Waals surface area contributed by atoms with E-state index in [-0.39, 0.29) is 5.91 Å². The zero-order chi connectivity index (χ0) is 24.8. The number of nitrogens with zero attached hydrogens (tertiary/aromatic N) is 5. The van der Waals surface area contributed by atoms with Gasteiger partial charge in [-0.15, -0.1) is 0 Å². The highest BCUT2D eigenvalue weighted by atomic mass is 32.2. The number of amides is 1. The van der Waals surface area contributed by atoms with E-state index in [0.717, 1.165) is 71.8 Å². The van der Waals surface area contributed by atoms with E-state index in [1.54, 1.807) is 16.7 Å². The number of carbonyl (C=O) groups is 1. The summed E-state index contributed by atoms with van der Waals surface area (Å²) < 4.78 is 0. The van der Waals surface area contributed by atoms with Crippen molar-refractivity contribution in [2.45, 2.75) is 38.2 Å². The number of aromatic nitrogens is 2. The van der Waals surface area contributed by atoms with Crippen LogP contribution in [0.15, 0.2) is 59.8 Å². The van der Waals surface area contributed by atoms with Gasteiger partial charge in [0.1, 0.15) is 5.82 Å². The predicted octanol–water partition coefficient (Wildman–Crippen LogP) is 4.80. The van der Waals surface area contributed by atoms with Crippen molar-refractivity contribution in [1.82, 2.24) is 19.8 Å². The van der Waals surface area contributed by atoms with Crippen LogP contribution in [-0.4, -0.2) is 65.4 Å². The first-order valence-electron chi connectivity index (χ1n) is 12.3. The van der Waals surface area contributed by atoms with E-state index in [2.05, 4.69) is 54.0 Å². The zero-order valence-electron chi connectivity index (χ0n) is 21.2. The predicted molar refractivity (Wildman–Crippen MR) is 144 cm³/mol. The van der Waals surface area contributed by atoms with Gasteiger partial charge in [-0.2, -0.15) is 0 Å². The summed E-state index contributed by atoms with van der Waals surface area (Å²) in [6, 6.07) is 18.5. The van der Waals surface area contributed by atoms with Crippen LogP contribution in [0.1, 0.15) is 39.7 Å². The van der Waals surface area contributed by atoms with Crippen LogP contribution in [0.4, 0.5) is 5.82 Å². The topological polar surface area (TPSA) is 52.6 Å². The second-order valence-electron chi connectivity index (χ2n) is 9.09. The van der Waals surface area contributed by atoms with Crippen molar-refractivity contribution in [3.05, 3.63) is 82.5 Å². The Morgan fingerprint density at radius 2 is 1.63 bits per heavy atom. The average molecular weight is 490 g/mol. The Morgan fingerprint density at radius 3 is 2.29 bits per heavy atom. The van der Waals surface area contributed by atoms with E-state index in [1.807, 2.05) is 38.2 Å². The van der Waals surface area contributed by atoms with Gasteiger partial charge in [0, 0.05) is 68.9 Å². The van der Waals surface area contributed by atoms with Crippen LogP contribution in [-0.2, 0) is 12.3 Å². The third kappa shape index (κ3) is 6.41. The molecule has 0 N–H and O–H groups in total. The molecule has 1 amide bonds. The molecule has 0 bridgehead atoms. The summed E-state index contributed by atoms with van der Waals surface area (Å²) in [4.78, 5) is 28.7. The smallest absolute Gasteiger partial charge is 0.253 e. The maximum absolute atomic E-state index is 12.3. The number of rotatable bonds is 8. The number of thioether (sulfide) groups is 1. The molecule has 1 aliphatic rings. The van der Waals surface area contributed by atoms with Crippen molar-refractivity contribution in [1.29, 1.82) is 0 Å². The molecule has 0 atom stereocenters. The fourth-order valence-corrected chi connectivity index (χ4v) is 5.02. The lowest BCUT2D eigenvalue weighted by atomic mass is 10.1. The van der Waals surface area contributed by atoms with Gasteiger partial charge in [-0.05, 0) is 44.0 Å². The molecule has 0 aliphatic carbocycles. The maximum Gasteiger partial charge on any atom is 0.253 e. The molecule has 35 heavy (non-hydrogen) atoms. The molecule has 0 saturated carbocycles. The molecule has 1 saturated heterocycles. The highest BCUT2D eigenvalue weighted by Gasteiger charge is 2.21. The Hall–Kier alpha value is -2.90. The summed E-state index contributed by atoms with van der Waals surface area (Å²) in [5.41, 5.74) is 5.44. The first kappa shape index (κ1) is 25.2. The highest BCUT2D eigenvalue weighted by molar-refractivity contribution is 7.98. The summed E-state index contributed by atoms with van der Waals surface area (Å²) >= 11 is 1.65. The van der Waals surface area contributed by atoms with Gasteiger partial charge in [0.15, 0.2) is 5.16 Å².